The minimum absolute atomic E-state index is 0.148. The molecule has 2 aromatic carbocycles. The van der Waals surface area contributed by atoms with Crippen LogP contribution in [0.2, 0.25) is 0 Å². The van der Waals surface area contributed by atoms with E-state index in [1.807, 2.05) is 43.3 Å². The molecule has 0 aliphatic rings. The Hall–Kier alpha value is -3.19. The van der Waals surface area contributed by atoms with E-state index >= 15 is 0 Å². The second-order valence-electron chi connectivity index (χ2n) is 6.57. The molecule has 1 atom stereocenters. The van der Waals surface area contributed by atoms with Gasteiger partial charge in [0.1, 0.15) is 5.82 Å². The molecule has 7 heteroatoms. The number of carbonyl (C=O) groups excluding carboxylic acids is 1. The lowest BCUT2D eigenvalue weighted by Gasteiger charge is -2.20. The molecule has 2 amide bonds. The molecule has 1 unspecified atom stereocenters. The number of hydrogen-bond acceptors (Lipinski definition) is 4. The number of amides is 2. The van der Waals surface area contributed by atoms with E-state index in [0.717, 1.165) is 11.3 Å². The Kier molecular flexibility index (Phi) is 6.06. The van der Waals surface area contributed by atoms with E-state index in [9.17, 15) is 9.59 Å². The molecule has 0 bridgehead atoms. The van der Waals surface area contributed by atoms with Crippen molar-refractivity contribution in [3.05, 3.63) is 70.3 Å². The number of anilines is 1. The van der Waals surface area contributed by atoms with Crippen LogP contribution in [-0.2, 0) is 11.3 Å². The average Bonchev–Trinajstić information content (AvgIpc) is 2.69. The summed E-state index contributed by atoms with van der Waals surface area (Å²) in [6.07, 6.45) is 0. The van der Waals surface area contributed by atoms with Gasteiger partial charge >= 0.3 is 6.03 Å². The van der Waals surface area contributed by atoms with Gasteiger partial charge in [-0.05, 0) is 37.6 Å². The van der Waals surface area contributed by atoms with Gasteiger partial charge in [-0.3, -0.25) is 9.36 Å². The predicted octanol–water partition coefficient (Wildman–Crippen LogP) is 3.23. The van der Waals surface area contributed by atoms with Crippen molar-refractivity contribution in [2.75, 3.05) is 19.0 Å². The summed E-state index contributed by atoms with van der Waals surface area (Å²) in [5.41, 5.74) is 2.15. The first-order chi connectivity index (χ1) is 13.5. The van der Waals surface area contributed by atoms with E-state index in [1.165, 1.54) is 0 Å². The van der Waals surface area contributed by atoms with Crippen molar-refractivity contribution in [3.8, 4) is 0 Å². The number of urea groups is 1. The molecule has 0 saturated carbocycles. The van der Waals surface area contributed by atoms with Gasteiger partial charge in [-0.25, -0.2) is 9.78 Å². The molecule has 0 fully saturated rings. The molecule has 0 radical (unpaired) electrons. The summed E-state index contributed by atoms with van der Waals surface area (Å²) in [6.45, 7) is 4.45. The SMILES string of the molecule is COCCn1c(C(C)NC(=O)Nc2ccccc2C)nc2ccccc2c1=O. The number of methoxy groups -OCH3 is 1. The molecule has 0 saturated heterocycles. The monoisotopic (exact) mass is 380 g/mol. The first kappa shape index (κ1) is 19.6. The zero-order chi connectivity index (χ0) is 20.1. The lowest BCUT2D eigenvalue weighted by molar-refractivity contribution is 0.184. The van der Waals surface area contributed by atoms with E-state index in [1.54, 1.807) is 30.7 Å². The topological polar surface area (TPSA) is 85.2 Å². The summed E-state index contributed by atoms with van der Waals surface area (Å²) in [5.74, 6) is 0.487. The second-order valence-corrected chi connectivity index (χ2v) is 6.57. The molecular weight excluding hydrogens is 356 g/mol. The highest BCUT2D eigenvalue weighted by molar-refractivity contribution is 5.90. The highest BCUT2D eigenvalue weighted by Crippen LogP contribution is 2.16. The number of nitrogens with one attached hydrogen (secondary N) is 2. The Bertz CT molecular complexity index is 1050. The quantitative estimate of drug-likeness (QED) is 0.687. The van der Waals surface area contributed by atoms with E-state index in [0.29, 0.717) is 29.9 Å². The molecule has 146 valence electrons. The van der Waals surface area contributed by atoms with E-state index in [4.69, 9.17) is 4.74 Å². The van der Waals surface area contributed by atoms with Gasteiger partial charge in [-0.2, -0.15) is 0 Å². The van der Waals surface area contributed by atoms with Crippen LogP contribution in [0.5, 0.6) is 0 Å². The number of fused-ring (bicyclic) bond motifs is 1. The minimum Gasteiger partial charge on any atom is -0.383 e. The highest BCUT2D eigenvalue weighted by atomic mass is 16.5. The standard InChI is InChI=1S/C21H24N4O3/c1-14-8-4-6-10-17(14)24-21(27)22-15(2)19-23-18-11-7-5-9-16(18)20(26)25(19)12-13-28-3/h4-11,15H,12-13H2,1-3H3,(H2,22,24,27). The maximum atomic E-state index is 12.9. The van der Waals surface area contributed by atoms with Crippen LogP contribution in [-0.4, -0.2) is 29.3 Å². The normalized spacial score (nSPS) is 12.0. The van der Waals surface area contributed by atoms with Crippen molar-refractivity contribution in [2.24, 2.45) is 0 Å². The smallest absolute Gasteiger partial charge is 0.319 e. The van der Waals surface area contributed by atoms with Crippen LogP contribution in [0, 0.1) is 6.92 Å². The molecule has 0 spiro atoms. The van der Waals surface area contributed by atoms with Crippen molar-refractivity contribution >= 4 is 22.6 Å². The number of hydrogen-bond donors (Lipinski definition) is 2. The van der Waals surface area contributed by atoms with Crippen LogP contribution in [0.1, 0.15) is 24.4 Å². The van der Waals surface area contributed by atoms with Crippen molar-refractivity contribution < 1.29 is 9.53 Å². The third-order valence-corrected chi connectivity index (χ3v) is 4.54. The fourth-order valence-electron chi connectivity index (χ4n) is 3.05. The molecule has 3 rings (SSSR count). The predicted molar refractivity (Wildman–Crippen MR) is 110 cm³/mol. The minimum atomic E-state index is -0.474. The van der Waals surface area contributed by atoms with Crippen LogP contribution in [0.4, 0.5) is 10.5 Å². The summed E-state index contributed by atoms with van der Waals surface area (Å²) < 4.78 is 6.69. The second kappa shape index (κ2) is 8.67. The lowest BCUT2D eigenvalue weighted by Crippen LogP contribution is -2.36. The van der Waals surface area contributed by atoms with Gasteiger partial charge in [0.25, 0.3) is 5.56 Å². The molecule has 1 aromatic heterocycles. The average molecular weight is 380 g/mol. The van der Waals surface area contributed by atoms with Gasteiger partial charge in [0, 0.05) is 12.8 Å². The third-order valence-electron chi connectivity index (χ3n) is 4.54. The van der Waals surface area contributed by atoms with E-state index < -0.39 is 6.04 Å². The Morgan fingerprint density at radius 2 is 1.89 bits per heavy atom. The van der Waals surface area contributed by atoms with E-state index in [2.05, 4.69) is 15.6 Å². The zero-order valence-electron chi connectivity index (χ0n) is 16.2. The van der Waals surface area contributed by atoms with Crippen molar-refractivity contribution in [2.45, 2.75) is 26.4 Å². The van der Waals surface area contributed by atoms with Gasteiger partial charge in [0.15, 0.2) is 0 Å². The number of nitrogens with zero attached hydrogens (tertiary/aromatic N) is 2. The van der Waals surface area contributed by atoms with Gasteiger partial charge in [0.05, 0.1) is 30.1 Å². The van der Waals surface area contributed by atoms with Crippen LogP contribution < -0.4 is 16.2 Å². The zero-order valence-corrected chi connectivity index (χ0v) is 16.2. The molecule has 28 heavy (non-hydrogen) atoms. The van der Waals surface area contributed by atoms with Crippen molar-refractivity contribution in [1.29, 1.82) is 0 Å². The molecule has 2 N–H and O–H groups in total. The van der Waals surface area contributed by atoms with Crippen molar-refractivity contribution in [3.63, 3.8) is 0 Å². The Labute approximate surface area is 163 Å². The fourth-order valence-corrected chi connectivity index (χ4v) is 3.05. The lowest BCUT2D eigenvalue weighted by atomic mass is 10.2. The Morgan fingerprint density at radius 1 is 1.18 bits per heavy atom. The molecule has 7 nitrogen and oxygen atoms in total. The fraction of sp³-hybridized carbons (Fsp3) is 0.286. The summed E-state index contributed by atoms with van der Waals surface area (Å²) in [4.78, 5) is 30.0. The number of rotatable bonds is 6. The number of para-hydroxylation sites is 2. The van der Waals surface area contributed by atoms with Gasteiger partial charge < -0.3 is 15.4 Å². The van der Waals surface area contributed by atoms with E-state index in [-0.39, 0.29) is 11.6 Å². The number of benzene rings is 2. The highest BCUT2D eigenvalue weighted by Gasteiger charge is 2.18. The van der Waals surface area contributed by atoms with Crippen LogP contribution in [0.25, 0.3) is 10.9 Å². The molecular formula is C21H24N4O3. The summed E-state index contributed by atoms with van der Waals surface area (Å²) in [6, 6.07) is 13.9. The molecule has 3 aromatic rings. The summed E-state index contributed by atoms with van der Waals surface area (Å²) in [7, 11) is 1.58. The Morgan fingerprint density at radius 3 is 2.64 bits per heavy atom. The molecule has 0 aliphatic heterocycles. The number of aromatic nitrogens is 2. The van der Waals surface area contributed by atoms with Crippen LogP contribution in [0.3, 0.4) is 0 Å². The summed E-state index contributed by atoms with van der Waals surface area (Å²) >= 11 is 0. The first-order valence-corrected chi connectivity index (χ1v) is 9.13. The summed E-state index contributed by atoms with van der Waals surface area (Å²) in [5, 5.41) is 6.24. The third kappa shape index (κ3) is 4.20. The number of aryl methyl sites for hydroxylation is 1. The number of ether oxygens (including phenoxy) is 1. The number of carbonyl (C=O) groups is 1. The van der Waals surface area contributed by atoms with Crippen LogP contribution in [0.15, 0.2) is 53.3 Å². The maximum Gasteiger partial charge on any atom is 0.319 e. The maximum absolute atomic E-state index is 12.9. The van der Waals surface area contributed by atoms with Gasteiger partial charge in [-0.1, -0.05) is 30.3 Å². The van der Waals surface area contributed by atoms with Crippen LogP contribution >= 0.6 is 0 Å². The van der Waals surface area contributed by atoms with Crippen molar-refractivity contribution in [1.82, 2.24) is 14.9 Å². The largest absolute Gasteiger partial charge is 0.383 e. The molecule has 1 heterocycles. The van der Waals surface area contributed by atoms with Gasteiger partial charge in [-0.15, -0.1) is 0 Å². The molecule has 0 aliphatic carbocycles. The van der Waals surface area contributed by atoms with Gasteiger partial charge in [0.2, 0.25) is 0 Å². The first-order valence-electron chi connectivity index (χ1n) is 9.13. The Balaban J connectivity index is 1.89.